The number of aryl methyl sites for hydroxylation is 1. The fraction of sp³-hybridized carbons (Fsp3) is 0.391. The molecule has 1 aromatic heterocycles. The smallest absolute Gasteiger partial charge is 0.241 e. The van der Waals surface area contributed by atoms with Gasteiger partial charge in [0.05, 0.1) is 5.52 Å². The molecule has 0 fully saturated rings. The van der Waals surface area contributed by atoms with Crippen LogP contribution in [0.4, 0.5) is 0 Å². The van der Waals surface area contributed by atoms with Crippen molar-refractivity contribution >= 4 is 29.2 Å². The Bertz CT molecular complexity index is 768. The second kappa shape index (κ2) is 13.1. The third-order valence-electron chi connectivity index (χ3n) is 4.46. The molecule has 0 bridgehead atoms. The molecule has 2 N–H and O–H groups in total. The molecule has 0 spiro atoms. The molecule has 0 aliphatic rings. The SMILES string of the molecule is CC(/C=C/CCCCCCCCc1ccc2ccccc2n1)=C\C(N)=O.Cl. The third kappa shape index (κ3) is 9.39. The predicted octanol–water partition coefficient (Wildman–Crippen LogP) is 5.92. The molecule has 3 nitrogen and oxygen atoms in total. The minimum absolute atomic E-state index is 0. The van der Waals surface area contributed by atoms with Crippen molar-refractivity contribution in [3.8, 4) is 0 Å². The van der Waals surface area contributed by atoms with Crippen molar-refractivity contribution in [2.45, 2.75) is 58.3 Å². The van der Waals surface area contributed by atoms with Crippen LogP contribution in [0.1, 0.15) is 57.6 Å². The van der Waals surface area contributed by atoms with Crippen LogP contribution in [0.25, 0.3) is 10.9 Å². The molecule has 0 saturated heterocycles. The van der Waals surface area contributed by atoms with Gasteiger partial charge in [0, 0.05) is 17.2 Å². The zero-order chi connectivity index (χ0) is 18.6. The van der Waals surface area contributed by atoms with Gasteiger partial charge in [-0.2, -0.15) is 0 Å². The Morgan fingerprint density at radius 2 is 1.70 bits per heavy atom. The minimum atomic E-state index is -0.383. The normalized spacial score (nSPS) is 11.7. The highest BCUT2D eigenvalue weighted by Crippen LogP contribution is 2.14. The number of hydrogen-bond acceptors (Lipinski definition) is 2. The summed E-state index contributed by atoms with van der Waals surface area (Å²) in [6, 6.07) is 12.6. The summed E-state index contributed by atoms with van der Waals surface area (Å²) in [5.41, 5.74) is 8.33. The first kappa shape index (κ1) is 22.9. The maximum Gasteiger partial charge on any atom is 0.241 e. The van der Waals surface area contributed by atoms with Crippen molar-refractivity contribution in [3.05, 3.63) is 65.9 Å². The molecule has 0 aliphatic carbocycles. The van der Waals surface area contributed by atoms with Gasteiger partial charge >= 0.3 is 0 Å². The second-order valence-electron chi connectivity index (χ2n) is 6.85. The number of rotatable bonds is 11. The summed E-state index contributed by atoms with van der Waals surface area (Å²) >= 11 is 0. The van der Waals surface area contributed by atoms with Crippen LogP contribution < -0.4 is 5.73 Å². The number of nitrogens with two attached hydrogens (primary N) is 1. The molecular formula is C23H31ClN2O. The summed E-state index contributed by atoms with van der Waals surface area (Å²) in [6.45, 7) is 1.89. The Morgan fingerprint density at radius 1 is 1.00 bits per heavy atom. The summed E-state index contributed by atoms with van der Waals surface area (Å²) in [5, 5.41) is 1.21. The summed E-state index contributed by atoms with van der Waals surface area (Å²) in [7, 11) is 0. The van der Waals surface area contributed by atoms with Crippen molar-refractivity contribution in [2.24, 2.45) is 5.73 Å². The van der Waals surface area contributed by atoms with E-state index in [9.17, 15) is 4.79 Å². The first-order chi connectivity index (χ1) is 12.6. The van der Waals surface area contributed by atoms with Gasteiger partial charge in [-0.05, 0) is 50.3 Å². The lowest BCUT2D eigenvalue weighted by Crippen LogP contribution is -2.06. The first-order valence-electron chi connectivity index (χ1n) is 9.64. The van der Waals surface area contributed by atoms with Gasteiger partial charge in [-0.25, -0.2) is 0 Å². The molecular weight excluding hydrogens is 356 g/mol. The van der Waals surface area contributed by atoms with Crippen LogP contribution in [0.15, 0.2) is 60.2 Å². The van der Waals surface area contributed by atoms with Crippen LogP contribution in [0.3, 0.4) is 0 Å². The largest absolute Gasteiger partial charge is 0.366 e. The fourth-order valence-electron chi connectivity index (χ4n) is 3.06. The highest BCUT2D eigenvalue weighted by molar-refractivity contribution is 5.86. The summed E-state index contributed by atoms with van der Waals surface area (Å²) in [5.74, 6) is -0.383. The van der Waals surface area contributed by atoms with E-state index in [0.29, 0.717) is 0 Å². The van der Waals surface area contributed by atoms with Gasteiger partial charge < -0.3 is 5.73 Å². The van der Waals surface area contributed by atoms with Crippen LogP contribution in [0, 0.1) is 0 Å². The number of hydrogen-bond donors (Lipinski definition) is 1. The fourth-order valence-corrected chi connectivity index (χ4v) is 3.06. The molecule has 0 saturated carbocycles. The first-order valence-corrected chi connectivity index (χ1v) is 9.64. The number of allylic oxidation sites excluding steroid dienone is 3. The van der Waals surface area contributed by atoms with Crippen LogP contribution in [-0.2, 0) is 11.2 Å². The lowest BCUT2D eigenvalue weighted by Gasteiger charge is -2.03. The number of amides is 1. The highest BCUT2D eigenvalue weighted by atomic mass is 35.5. The van der Waals surface area contributed by atoms with Gasteiger partial charge in [0.25, 0.3) is 0 Å². The lowest BCUT2D eigenvalue weighted by atomic mass is 10.1. The number of carbonyl (C=O) groups is 1. The number of pyridine rings is 1. The predicted molar refractivity (Wildman–Crippen MR) is 117 cm³/mol. The standard InChI is InChI=1S/C23H30N2O.ClH/c1-19(18-23(24)26)12-8-6-4-2-3-5-7-9-14-21-17-16-20-13-10-11-15-22(20)25-21;/h8,10-13,15-18H,2-7,9,14H2,1H3,(H2,24,26);1H/b12-8+,19-18+;. The Morgan fingerprint density at radius 3 is 2.48 bits per heavy atom. The third-order valence-corrected chi connectivity index (χ3v) is 4.46. The molecule has 0 unspecified atom stereocenters. The minimum Gasteiger partial charge on any atom is -0.366 e. The van der Waals surface area contributed by atoms with Crippen LogP contribution in [0.2, 0.25) is 0 Å². The summed E-state index contributed by atoms with van der Waals surface area (Å²) in [4.78, 5) is 15.5. The van der Waals surface area contributed by atoms with Gasteiger partial charge in [-0.3, -0.25) is 9.78 Å². The van der Waals surface area contributed by atoms with Crippen LogP contribution >= 0.6 is 12.4 Å². The zero-order valence-corrected chi connectivity index (χ0v) is 17.0. The second-order valence-corrected chi connectivity index (χ2v) is 6.85. The van der Waals surface area contributed by atoms with E-state index in [1.807, 2.05) is 19.1 Å². The lowest BCUT2D eigenvalue weighted by molar-refractivity contribution is -0.113. The molecule has 1 amide bonds. The van der Waals surface area contributed by atoms with E-state index in [1.165, 1.54) is 55.7 Å². The Hall–Kier alpha value is -2.13. The maximum atomic E-state index is 10.7. The number of nitrogens with zero attached hydrogens (tertiary/aromatic N) is 1. The molecule has 2 aromatic rings. The van der Waals surface area contributed by atoms with E-state index in [0.717, 1.165) is 23.9 Å². The number of benzene rings is 1. The van der Waals surface area contributed by atoms with Gasteiger partial charge in [-0.1, -0.05) is 62.1 Å². The van der Waals surface area contributed by atoms with Crippen molar-refractivity contribution in [1.82, 2.24) is 4.98 Å². The average molecular weight is 387 g/mol. The molecule has 1 heterocycles. The van der Waals surface area contributed by atoms with E-state index < -0.39 is 0 Å². The number of unbranched alkanes of at least 4 members (excludes halogenated alkanes) is 6. The van der Waals surface area contributed by atoms with Crippen molar-refractivity contribution in [3.63, 3.8) is 0 Å². The molecule has 0 aliphatic heterocycles. The maximum absolute atomic E-state index is 10.7. The Balaban J connectivity index is 0.00000364. The quantitative estimate of drug-likeness (QED) is 0.296. The molecule has 1 aromatic carbocycles. The van der Waals surface area contributed by atoms with Crippen LogP contribution in [-0.4, -0.2) is 10.9 Å². The molecule has 2 rings (SSSR count). The number of aromatic nitrogens is 1. The molecule has 0 atom stereocenters. The number of halogens is 1. The Labute approximate surface area is 169 Å². The highest BCUT2D eigenvalue weighted by Gasteiger charge is 1.98. The summed E-state index contributed by atoms with van der Waals surface area (Å²) in [6.07, 6.45) is 15.2. The number of primary amides is 1. The van der Waals surface area contributed by atoms with Gasteiger partial charge in [0.15, 0.2) is 0 Å². The van der Waals surface area contributed by atoms with Crippen molar-refractivity contribution in [2.75, 3.05) is 0 Å². The summed E-state index contributed by atoms with van der Waals surface area (Å²) < 4.78 is 0. The van der Waals surface area contributed by atoms with Crippen LogP contribution in [0.5, 0.6) is 0 Å². The van der Waals surface area contributed by atoms with Crippen molar-refractivity contribution < 1.29 is 4.79 Å². The van der Waals surface area contributed by atoms with Gasteiger partial charge in [-0.15, -0.1) is 12.4 Å². The number of carbonyl (C=O) groups excluding carboxylic acids is 1. The van der Waals surface area contributed by atoms with Crippen molar-refractivity contribution in [1.29, 1.82) is 0 Å². The van der Waals surface area contributed by atoms with E-state index in [4.69, 9.17) is 10.7 Å². The Kier molecular flexibility index (Phi) is 11.1. The zero-order valence-electron chi connectivity index (χ0n) is 16.2. The van der Waals surface area contributed by atoms with E-state index >= 15 is 0 Å². The molecule has 146 valence electrons. The molecule has 0 radical (unpaired) electrons. The van der Waals surface area contributed by atoms with E-state index in [1.54, 1.807) is 0 Å². The number of fused-ring (bicyclic) bond motifs is 1. The number of para-hydroxylation sites is 1. The monoisotopic (exact) mass is 386 g/mol. The molecule has 27 heavy (non-hydrogen) atoms. The average Bonchev–Trinajstić information content (AvgIpc) is 2.62. The van der Waals surface area contributed by atoms with E-state index in [-0.39, 0.29) is 18.3 Å². The van der Waals surface area contributed by atoms with Gasteiger partial charge in [0.1, 0.15) is 0 Å². The van der Waals surface area contributed by atoms with E-state index in [2.05, 4.69) is 36.4 Å². The topological polar surface area (TPSA) is 56.0 Å². The van der Waals surface area contributed by atoms with Gasteiger partial charge in [0.2, 0.25) is 5.91 Å². The molecule has 4 heteroatoms.